The predicted octanol–water partition coefficient (Wildman–Crippen LogP) is 2.40. The molecule has 3 N–H and O–H groups in total. The smallest absolute Gasteiger partial charge is 0.243 e. The van der Waals surface area contributed by atoms with Gasteiger partial charge in [0.2, 0.25) is 11.8 Å². The fourth-order valence-electron chi connectivity index (χ4n) is 3.35. The molecule has 1 heterocycles. The monoisotopic (exact) mass is 340 g/mol. The molecule has 1 fully saturated rings. The summed E-state index contributed by atoms with van der Waals surface area (Å²) < 4.78 is 0. The highest BCUT2D eigenvalue weighted by atomic mass is 16.2. The van der Waals surface area contributed by atoms with Crippen LogP contribution >= 0.6 is 0 Å². The maximum absolute atomic E-state index is 11.9. The van der Waals surface area contributed by atoms with Crippen LogP contribution in [0, 0.1) is 0 Å². The number of carbonyl (C=O) groups is 2. The van der Waals surface area contributed by atoms with Crippen molar-refractivity contribution < 1.29 is 9.59 Å². The van der Waals surface area contributed by atoms with Gasteiger partial charge in [-0.1, -0.05) is 18.7 Å². The first kappa shape index (κ1) is 17.2. The first-order valence-electron chi connectivity index (χ1n) is 8.80. The molecule has 1 saturated carbocycles. The van der Waals surface area contributed by atoms with E-state index in [0.29, 0.717) is 18.9 Å². The number of carbonyl (C=O) groups excluding carboxylic acids is 2. The third kappa shape index (κ3) is 4.47. The van der Waals surface area contributed by atoms with E-state index in [-0.39, 0.29) is 17.9 Å². The number of para-hydroxylation sites is 2. The van der Waals surface area contributed by atoms with Crippen LogP contribution in [0.3, 0.4) is 0 Å². The van der Waals surface area contributed by atoms with Gasteiger partial charge in [-0.3, -0.25) is 9.59 Å². The van der Waals surface area contributed by atoms with Crippen molar-refractivity contribution in [2.75, 3.05) is 6.54 Å². The SMILES string of the molecule is C=CC(=O)NCCC(=O)NC1CCC(c2nc3ccccc3[nH]2)CC1. The molecule has 1 aliphatic rings. The number of nitrogens with one attached hydrogen (secondary N) is 3. The second-order valence-electron chi connectivity index (χ2n) is 6.50. The summed E-state index contributed by atoms with van der Waals surface area (Å²) in [7, 11) is 0. The summed E-state index contributed by atoms with van der Waals surface area (Å²) >= 11 is 0. The molecular formula is C19H24N4O2. The summed E-state index contributed by atoms with van der Waals surface area (Å²) in [4.78, 5) is 31.1. The van der Waals surface area contributed by atoms with Gasteiger partial charge in [0.05, 0.1) is 11.0 Å². The van der Waals surface area contributed by atoms with Gasteiger partial charge >= 0.3 is 0 Å². The minimum atomic E-state index is -0.251. The lowest BCUT2D eigenvalue weighted by Gasteiger charge is -2.28. The quantitative estimate of drug-likeness (QED) is 0.706. The molecule has 2 amide bonds. The van der Waals surface area contributed by atoms with Gasteiger partial charge in [-0.2, -0.15) is 0 Å². The van der Waals surface area contributed by atoms with Gasteiger partial charge in [0, 0.05) is 24.9 Å². The number of hydrogen-bond donors (Lipinski definition) is 3. The maximum Gasteiger partial charge on any atom is 0.243 e. The van der Waals surface area contributed by atoms with E-state index in [4.69, 9.17) is 4.98 Å². The number of hydrogen-bond acceptors (Lipinski definition) is 3. The van der Waals surface area contributed by atoms with Crippen LogP contribution in [-0.2, 0) is 9.59 Å². The molecule has 132 valence electrons. The van der Waals surface area contributed by atoms with Crippen LogP contribution in [0.4, 0.5) is 0 Å². The van der Waals surface area contributed by atoms with Crippen molar-refractivity contribution in [3.8, 4) is 0 Å². The summed E-state index contributed by atoms with van der Waals surface area (Å²) in [6.45, 7) is 3.72. The Labute approximate surface area is 147 Å². The van der Waals surface area contributed by atoms with Gasteiger partial charge in [-0.25, -0.2) is 4.98 Å². The van der Waals surface area contributed by atoms with E-state index < -0.39 is 0 Å². The number of benzene rings is 1. The molecule has 0 atom stereocenters. The third-order valence-electron chi connectivity index (χ3n) is 4.72. The zero-order valence-electron chi connectivity index (χ0n) is 14.3. The minimum absolute atomic E-state index is 0.0171. The second kappa shape index (κ2) is 7.96. The molecule has 25 heavy (non-hydrogen) atoms. The number of fused-ring (bicyclic) bond motifs is 1. The van der Waals surface area contributed by atoms with Crippen molar-refractivity contribution in [3.05, 3.63) is 42.7 Å². The van der Waals surface area contributed by atoms with E-state index in [1.54, 1.807) is 0 Å². The molecule has 1 aromatic heterocycles. The number of nitrogens with zero attached hydrogens (tertiary/aromatic N) is 1. The van der Waals surface area contributed by atoms with Crippen LogP contribution in [0.1, 0.15) is 43.8 Å². The van der Waals surface area contributed by atoms with Crippen molar-refractivity contribution in [3.63, 3.8) is 0 Å². The van der Waals surface area contributed by atoms with E-state index in [0.717, 1.165) is 42.5 Å². The zero-order chi connectivity index (χ0) is 17.6. The first-order chi connectivity index (χ1) is 12.2. The molecule has 0 aliphatic heterocycles. The molecule has 1 aliphatic carbocycles. The summed E-state index contributed by atoms with van der Waals surface area (Å²) in [6, 6.07) is 8.28. The highest BCUT2D eigenvalue weighted by Crippen LogP contribution is 2.32. The molecule has 0 unspecified atom stereocenters. The van der Waals surface area contributed by atoms with Crippen LogP contribution in [0.15, 0.2) is 36.9 Å². The molecule has 0 bridgehead atoms. The van der Waals surface area contributed by atoms with Crippen molar-refractivity contribution in [1.29, 1.82) is 0 Å². The van der Waals surface area contributed by atoms with Crippen LogP contribution in [0.25, 0.3) is 11.0 Å². The number of amides is 2. The van der Waals surface area contributed by atoms with Crippen LogP contribution < -0.4 is 10.6 Å². The Morgan fingerprint density at radius 1 is 1.24 bits per heavy atom. The Morgan fingerprint density at radius 3 is 2.72 bits per heavy atom. The molecule has 2 aromatic rings. The van der Waals surface area contributed by atoms with Crippen molar-refractivity contribution in [1.82, 2.24) is 20.6 Å². The molecule has 0 saturated heterocycles. The summed E-state index contributed by atoms with van der Waals surface area (Å²) in [6.07, 6.45) is 5.43. The lowest BCUT2D eigenvalue weighted by molar-refractivity contribution is -0.122. The Morgan fingerprint density at radius 2 is 2.00 bits per heavy atom. The van der Waals surface area contributed by atoms with E-state index in [1.165, 1.54) is 6.08 Å². The lowest BCUT2D eigenvalue weighted by atomic mass is 9.85. The van der Waals surface area contributed by atoms with Gasteiger partial charge in [0.25, 0.3) is 0 Å². The van der Waals surface area contributed by atoms with Crippen LogP contribution in [0.5, 0.6) is 0 Å². The van der Waals surface area contributed by atoms with Crippen LogP contribution in [0.2, 0.25) is 0 Å². The number of aromatic nitrogens is 2. The summed E-state index contributed by atoms with van der Waals surface area (Å²) in [5.41, 5.74) is 2.09. The number of H-pyrrole nitrogens is 1. The molecule has 6 nitrogen and oxygen atoms in total. The summed E-state index contributed by atoms with van der Waals surface area (Å²) in [5, 5.41) is 5.67. The van der Waals surface area contributed by atoms with Crippen molar-refractivity contribution in [2.45, 2.75) is 44.1 Å². The largest absolute Gasteiger partial charge is 0.353 e. The molecule has 0 radical (unpaired) electrons. The van der Waals surface area contributed by atoms with E-state index in [9.17, 15) is 9.59 Å². The lowest BCUT2D eigenvalue weighted by Crippen LogP contribution is -2.39. The second-order valence-corrected chi connectivity index (χ2v) is 6.50. The fraction of sp³-hybridized carbons (Fsp3) is 0.421. The van der Waals surface area contributed by atoms with Gasteiger partial charge < -0.3 is 15.6 Å². The maximum atomic E-state index is 11.9. The Hall–Kier alpha value is -2.63. The van der Waals surface area contributed by atoms with E-state index in [1.807, 2.05) is 24.3 Å². The van der Waals surface area contributed by atoms with Gasteiger partial charge in [0.1, 0.15) is 5.82 Å². The third-order valence-corrected chi connectivity index (χ3v) is 4.72. The van der Waals surface area contributed by atoms with E-state index in [2.05, 4.69) is 22.2 Å². The normalized spacial score (nSPS) is 20.2. The molecular weight excluding hydrogens is 316 g/mol. The molecule has 6 heteroatoms. The van der Waals surface area contributed by atoms with Crippen molar-refractivity contribution >= 4 is 22.8 Å². The van der Waals surface area contributed by atoms with Crippen molar-refractivity contribution in [2.24, 2.45) is 0 Å². The topological polar surface area (TPSA) is 86.9 Å². The standard InChI is InChI=1S/C19H24N4O2/c1-2-17(24)20-12-11-18(25)21-14-9-7-13(8-10-14)19-22-15-5-3-4-6-16(15)23-19/h2-6,13-14H,1,7-12H2,(H,20,24)(H,21,25)(H,22,23). The number of aromatic amines is 1. The van der Waals surface area contributed by atoms with Crippen LogP contribution in [-0.4, -0.2) is 34.4 Å². The fourth-order valence-corrected chi connectivity index (χ4v) is 3.35. The highest BCUT2D eigenvalue weighted by molar-refractivity contribution is 5.87. The van der Waals surface area contributed by atoms with E-state index >= 15 is 0 Å². The molecule has 3 rings (SSSR count). The van der Waals surface area contributed by atoms with Gasteiger partial charge in [-0.05, 0) is 43.9 Å². The highest BCUT2D eigenvalue weighted by Gasteiger charge is 2.25. The predicted molar refractivity (Wildman–Crippen MR) is 97.1 cm³/mol. The summed E-state index contributed by atoms with van der Waals surface area (Å²) in [5.74, 6) is 1.21. The van der Waals surface area contributed by atoms with Gasteiger partial charge in [-0.15, -0.1) is 0 Å². The number of rotatable bonds is 6. The average Bonchev–Trinajstić information content (AvgIpc) is 3.06. The number of imidazole rings is 1. The Bertz CT molecular complexity index is 727. The Balaban J connectivity index is 1.44. The molecule has 1 aromatic carbocycles. The molecule has 0 spiro atoms. The average molecular weight is 340 g/mol. The first-order valence-corrected chi connectivity index (χ1v) is 8.80. The zero-order valence-corrected chi connectivity index (χ0v) is 14.3. The Kier molecular flexibility index (Phi) is 5.48. The minimum Gasteiger partial charge on any atom is -0.353 e. The van der Waals surface area contributed by atoms with Gasteiger partial charge in [0.15, 0.2) is 0 Å².